The van der Waals surface area contributed by atoms with Crippen LogP contribution >= 0.6 is 11.3 Å². The van der Waals surface area contributed by atoms with Gasteiger partial charge in [-0.25, -0.2) is 4.98 Å². The molecule has 112 valence electrons. The Balaban J connectivity index is 1.94. The molecular weight excluding hydrogens is 291 g/mol. The fraction of sp³-hybridized carbons (Fsp3) is 0.667. The Bertz CT molecular complexity index is 475. The van der Waals surface area contributed by atoms with E-state index in [4.69, 9.17) is 5.73 Å². The topological polar surface area (TPSA) is 68.0 Å². The van der Waals surface area contributed by atoms with E-state index in [0.717, 1.165) is 42.4 Å². The van der Waals surface area contributed by atoms with Gasteiger partial charge in [0.15, 0.2) is 5.69 Å². The van der Waals surface area contributed by atoms with Gasteiger partial charge in [0.1, 0.15) is 5.01 Å². The van der Waals surface area contributed by atoms with E-state index >= 15 is 0 Å². The van der Waals surface area contributed by atoms with Gasteiger partial charge >= 0.3 is 6.18 Å². The van der Waals surface area contributed by atoms with E-state index in [1.807, 2.05) is 0 Å². The second kappa shape index (κ2) is 6.09. The molecule has 20 heavy (non-hydrogen) atoms. The predicted molar refractivity (Wildman–Crippen MR) is 68.9 cm³/mol. The number of nitrogens with one attached hydrogen (secondary N) is 1. The Morgan fingerprint density at radius 1 is 1.45 bits per heavy atom. The molecule has 0 radical (unpaired) electrons. The predicted octanol–water partition coefficient (Wildman–Crippen LogP) is 2.30. The zero-order valence-corrected chi connectivity index (χ0v) is 11.6. The highest BCUT2D eigenvalue weighted by Gasteiger charge is 2.34. The Labute approximate surface area is 118 Å². The Morgan fingerprint density at radius 2 is 2.15 bits per heavy atom. The van der Waals surface area contributed by atoms with Crippen molar-refractivity contribution in [1.29, 1.82) is 0 Å². The number of carbonyl (C=O) groups is 1. The molecule has 2 rings (SSSR count). The number of nitrogens with zero attached hydrogens (tertiary/aromatic N) is 1. The van der Waals surface area contributed by atoms with Crippen LogP contribution in [-0.4, -0.2) is 16.9 Å². The monoisotopic (exact) mass is 307 g/mol. The average molecular weight is 307 g/mol. The zero-order valence-electron chi connectivity index (χ0n) is 10.7. The van der Waals surface area contributed by atoms with Crippen molar-refractivity contribution < 1.29 is 18.0 Å². The molecule has 1 heterocycles. The van der Waals surface area contributed by atoms with Crippen molar-refractivity contribution >= 4 is 17.2 Å². The smallest absolute Gasteiger partial charge is 0.369 e. The van der Waals surface area contributed by atoms with E-state index in [-0.39, 0.29) is 24.4 Å². The number of hydrogen-bond acceptors (Lipinski definition) is 4. The molecule has 4 nitrogen and oxygen atoms in total. The third-order valence-electron chi connectivity index (χ3n) is 3.49. The second-order valence-corrected chi connectivity index (χ2v) is 5.85. The largest absolute Gasteiger partial charge is 0.434 e. The normalized spacial score (nSPS) is 23.8. The Hall–Kier alpha value is -1.15. The molecule has 1 saturated carbocycles. The summed E-state index contributed by atoms with van der Waals surface area (Å²) in [6.07, 6.45) is -0.909. The van der Waals surface area contributed by atoms with E-state index in [9.17, 15) is 18.0 Å². The van der Waals surface area contributed by atoms with Crippen LogP contribution in [0.15, 0.2) is 5.38 Å². The number of rotatable bonds is 4. The van der Waals surface area contributed by atoms with E-state index in [0.29, 0.717) is 5.01 Å². The van der Waals surface area contributed by atoms with Crippen molar-refractivity contribution in [3.63, 3.8) is 0 Å². The van der Waals surface area contributed by atoms with Crippen molar-refractivity contribution in [2.24, 2.45) is 11.7 Å². The second-order valence-electron chi connectivity index (χ2n) is 4.90. The highest BCUT2D eigenvalue weighted by Crippen LogP contribution is 2.30. The fourth-order valence-corrected chi connectivity index (χ4v) is 3.21. The highest BCUT2D eigenvalue weighted by molar-refractivity contribution is 7.09. The van der Waals surface area contributed by atoms with Crippen molar-refractivity contribution in [2.75, 3.05) is 0 Å². The lowest BCUT2D eigenvalue weighted by Crippen LogP contribution is -2.44. The van der Waals surface area contributed by atoms with Crippen LogP contribution in [0, 0.1) is 5.92 Å². The molecule has 1 amide bonds. The minimum absolute atomic E-state index is 0.0699. The van der Waals surface area contributed by atoms with Crippen molar-refractivity contribution in [1.82, 2.24) is 10.3 Å². The first-order valence-corrected chi connectivity index (χ1v) is 7.30. The van der Waals surface area contributed by atoms with Gasteiger partial charge in [0, 0.05) is 18.0 Å². The maximum absolute atomic E-state index is 12.4. The first-order valence-electron chi connectivity index (χ1n) is 6.42. The number of hydrogen-bond donors (Lipinski definition) is 2. The molecule has 1 aliphatic carbocycles. The molecular formula is C12H16F3N3OS. The minimum atomic E-state index is -4.41. The Kier molecular flexibility index (Phi) is 4.64. The first-order chi connectivity index (χ1) is 9.38. The lowest BCUT2D eigenvalue weighted by molar-refractivity contribution is -0.140. The van der Waals surface area contributed by atoms with Crippen LogP contribution in [0.4, 0.5) is 13.2 Å². The summed E-state index contributed by atoms with van der Waals surface area (Å²) in [5, 5.41) is 4.48. The summed E-state index contributed by atoms with van der Waals surface area (Å²) in [4.78, 5) is 14.9. The summed E-state index contributed by atoms with van der Waals surface area (Å²) < 4.78 is 37.3. The quantitative estimate of drug-likeness (QED) is 0.897. The van der Waals surface area contributed by atoms with Gasteiger partial charge in [-0.05, 0) is 12.8 Å². The van der Waals surface area contributed by atoms with Crippen LogP contribution in [0.5, 0.6) is 0 Å². The van der Waals surface area contributed by atoms with E-state index in [1.54, 1.807) is 0 Å². The van der Waals surface area contributed by atoms with Crippen LogP contribution in [0.25, 0.3) is 0 Å². The number of alkyl halides is 3. The van der Waals surface area contributed by atoms with Crippen LogP contribution in [0.2, 0.25) is 0 Å². The maximum atomic E-state index is 12.4. The average Bonchev–Trinajstić information content (AvgIpc) is 2.85. The molecule has 3 N–H and O–H groups in total. The molecule has 0 bridgehead atoms. The Morgan fingerprint density at radius 3 is 2.75 bits per heavy atom. The van der Waals surface area contributed by atoms with Crippen LogP contribution in [-0.2, 0) is 17.5 Å². The SMILES string of the molecule is NC(=O)C1CCCCC1NCc1nc(C(F)(F)F)cs1. The molecule has 1 fully saturated rings. The van der Waals surface area contributed by atoms with Gasteiger partial charge in [0.2, 0.25) is 5.91 Å². The zero-order chi connectivity index (χ0) is 14.8. The molecule has 8 heteroatoms. The summed E-state index contributed by atoms with van der Waals surface area (Å²) in [5.74, 6) is -0.594. The van der Waals surface area contributed by atoms with Crippen molar-refractivity contribution in [3.8, 4) is 0 Å². The molecule has 1 aliphatic rings. The van der Waals surface area contributed by atoms with Gasteiger partial charge in [-0.3, -0.25) is 4.79 Å². The molecule has 0 aromatic carbocycles. The number of aromatic nitrogens is 1. The minimum Gasteiger partial charge on any atom is -0.369 e. The number of carbonyl (C=O) groups excluding carboxylic acids is 1. The van der Waals surface area contributed by atoms with Gasteiger partial charge in [0.05, 0.1) is 5.92 Å². The van der Waals surface area contributed by atoms with Crippen LogP contribution in [0.3, 0.4) is 0 Å². The van der Waals surface area contributed by atoms with E-state index < -0.39 is 11.9 Å². The molecule has 2 unspecified atom stereocenters. The summed E-state index contributed by atoms with van der Waals surface area (Å²) in [6.45, 7) is 0.231. The van der Waals surface area contributed by atoms with Gasteiger partial charge in [0.25, 0.3) is 0 Å². The molecule has 1 aromatic rings. The number of halogens is 3. The number of thiazole rings is 1. The van der Waals surface area contributed by atoms with E-state index in [1.165, 1.54) is 0 Å². The lowest BCUT2D eigenvalue weighted by Gasteiger charge is -2.29. The molecule has 2 atom stereocenters. The summed E-state index contributed by atoms with van der Waals surface area (Å²) in [5.41, 5.74) is 4.48. The third-order valence-corrected chi connectivity index (χ3v) is 4.34. The molecule has 0 aliphatic heterocycles. The number of primary amides is 1. The van der Waals surface area contributed by atoms with Gasteiger partial charge in [-0.2, -0.15) is 13.2 Å². The molecule has 0 saturated heterocycles. The van der Waals surface area contributed by atoms with Crippen molar-refractivity contribution in [3.05, 3.63) is 16.1 Å². The van der Waals surface area contributed by atoms with E-state index in [2.05, 4.69) is 10.3 Å². The maximum Gasteiger partial charge on any atom is 0.434 e. The fourth-order valence-electron chi connectivity index (χ4n) is 2.46. The van der Waals surface area contributed by atoms with Crippen LogP contribution in [0.1, 0.15) is 36.4 Å². The highest BCUT2D eigenvalue weighted by atomic mass is 32.1. The third kappa shape index (κ3) is 3.69. The van der Waals surface area contributed by atoms with Gasteiger partial charge in [-0.15, -0.1) is 11.3 Å². The molecule has 0 spiro atoms. The first kappa shape index (κ1) is 15.2. The van der Waals surface area contributed by atoms with Gasteiger partial charge in [-0.1, -0.05) is 12.8 Å². The summed E-state index contributed by atoms with van der Waals surface area (Å²) in [7, 11) is 0. The van der Waals surface area contributed by atoms with Crippen LogP contribution < -0.4 is 11.1 Å². The summed E-state index contributed by atoms with van der Waals surface area (Å²) >= 11 is 0.965. The van der Waals surface area contributed by atoms with Gasteiger partial charge < -0.3 is 11.1 Å². The standard InChI is InChI=1S/C12H16F3N3OS/c13-12(14,15)9-6-20-10(18-9)5-17-8-4-2-1-3-7(8)11(16)19/h6-8,17H,1-5H2,(H2,16,19). The molecule has 1 aromatic heterocycles. The summed E-state index contributed by atoms with van der Waals surface area (Å²) in [6, 6.07) is -0.0699. The number of nitrogens with two attached hydrogens (primary N) is 1. The number of amides is 1. The lowest BCUT2D eigenvalue weighted by atomic mass is 9.84. The van der Waals surface area contributed by atoms with Crippen molar-refractivity contribution in [2.45, 2.75) is 44.4 Å².